The lowest BCUT2D eigenvalue weighted by Crippen LogP contribution is -2.37. The Morgan fingerprint density at radius 1 is 0.632 bits per heavy atom. The summed E-state index contributed by atoms with van der Waals surface area (Å²) < 4.78 is 39.6. The third-order valence-electron chi connectivity index (χ3n) is 9.72. The van der Waals surface area contributed by atoms with Crippen LogP contribution in [0.1, 0.15) is 168 Å². The lowest BCUT2D eigenvalue weighted by Gasteiger charge is -2.28. The molecule has 330 valence electrons. The van der Waals surface area contributed by atoms with Gasteiger partial charge in [0, 0.05) is 12.8 Å². The number of carbonyl (C=O) groups excluding carboxylic acids is 2. The number of likely N-dealkylation sites (N-methyl/N-ethyl adjacent to an activating group) is 1. The highest BCUT2D eigenvalue weighted by molar-refractivity contribution is 7.45. The first kappa shape index (κ1) is 52.9. The summed E-state index contributed by atoms with van der Waals surface area (Å²) in [7, 11) is 1.11. The van der Waals surface area contributed by atoms with Gasteiger partial charge < -0.3 is 32.6 Å². The number of phosphoric acid groups is 1. The predicted octanol–water partition coefficient (Wildman–Crippen LogP) is 11.0. The second-order valence-electron chi connectivity index (χ2n) is 16.4. The Balaban J connectivity index is 2.34. The highest BCUT2D eigenvalue weighted by Gasteiger charge is 2.36. The van der Waals surface area contributed by atoms with Gasteiger partial charge in [-0.3, -0.25) is 14.2 Å². The van der Waals surface area contributed by atoms with Gasteiger partial charge in [0.05, 0.1) is 40.0 Å². The molecule has 0 aromatic heterocycles. The van der Waals surface area contributed by atoms with E-state index >= 15 is 0 Å². The SMILES string of the molecule is CCCCC/C=C\C/C=C\CC1OC1C/C=C\CCCC(=O)O[C@H](COC(=O)CCCCCCC/C=C\CCCCCCCC)COP(=O)([O-])OCC[N+](C)(C)C. The third kappa shape index (κ3) is 35.6. The number of phosphoric ester groups is 1. The molecule has 0 aromatic rings. The molecular formula is C46H82NO9P. The van der Waals surface area contributed by atoms with Crippen LogP contribution < -0.4 is 4.89 Å². The Bertz CT molecular complexity index is 1180. The summed E-state index contributed by atoms with van der Waals surface area (Å²) in [6.07, 6.45) is 41.6. The van der Waals surface area contributed by atoms with Crippen molar-refractivity contribution in [1.82, 2.24) is 0 Å². The lowest BCUT2D eigenvalue weighted by molar-refractivity contribution is -0.870. The van der Waals surface area contributed by atoms with Crippen molar-refractivity contribution in [3.63, 3.8) is 0 Å². The van der Waals surface area contributed by atoms with Crippen molar-refractivity contribution in [3.8, 4) is 0 Å². The molecule has 11 heteroatoms. The van der Waals surface area contributed by atoms with E-state index in [1.807, 2.05) is 27.2 Å². The molecule has 0 radical (unpaired) electrons. The monoisotopic (exact) mass is 824 g/mol. The van der Waals surface area contributed by atoms with Crippen molar-refractivity contribution in [3.05, 3.63) is 48.6 Å². The minimum atomic E-state index is -4.65. The fourth-order valence-corrected chi connectivity index (χ4v) is 6.76. The van der Waals surface area contributed by atoms with Crippen LogP contribution >= 0.6 is 7.82 Å². The molecule has 57 heavy (non-hydrogen) atoms. The molecule has 0 bridgehead atoms. The van der Waals surface area contributed by atoms with Crippen LogP contribution in [-0.4, -0.2) is 82.2 Å². The number of esters is 2. The van der Waals surface area contributed by atoms with E-state index < -0.39 is 32.5 Å². The molecule has 1 aliphatic rings. The number of carbonyl (C=O) groups is 2. The maximum absolute atomic E-state index is 12.7. The fourth-order valence-electron chi connectivity index (χ4n) is 6.03. The molecule has 1 fully saturated rings. The van der Waals surface area contributed by atoms with Crippen LogP contribution in [0.4, 0.5) is 0 Å². The van der Waals surface area contributed by atoms with Crippen LogP contribution in [0, 0.1) is 0 Å². The van der Waals surface area contributed by atoms with Crippen molar-refractivity contribution in [1.29, 1.82) is 0 Å². The van der Waals surface area contributed by atoms with Gasteiger partial charge in [-0.1, -0.05) is 127 Å². The first-order valence-corrected chi connectivity index (χ1v) is 23.9. The van der Waals surface area contributed by atoms with Crippen LogP contribution in [-0.2, 0) is 37.4 Å². The average molecular weight is 824 g/mol. The van der Waals surface area contributed by atoms with Gasteiger partial charge in [0.2, 0.25) is 0 Å². The number of hydrogen-bond donors (Lipinski definition) is 0. The average Bonchev–Trinajstić information content (AvgIpc) is 3.92. The third-order valence-corrected chi connectivity index (χ3v) is 10.7. The van der Waals surface area contributed by atoms with E-state index in [4.69, 9.17) is 23.3 Å². The summed E-state index contributed by atoms with van der Waals surface area (Å²) >= 11 is 0. The summed E-state index contributed by atoms with van der Waals surface area (Å²) in [4.78, 5) is 37.6. The second-order valence-corrected chi connectivity index (χ2v) is 17.9. The Hall–Kier alpha value is -2.07. The molecule has 0 amide bonds. The molecule has 0 spiro atoms. The zero-order chi connectivity index (χ0) is 41.9. The lowest BCUT2D eigenvalue weighted by atomic mass is 10.1. The van der Waals surface area contributed by atoms with Crippen molar-refractivity contribution in [2.24, 2.45) is 0 Å². The van der Waals surface area contributed by atoms with Gasteiger partial charge in [0.1, 0.15) is 19.8 Å². The fraction of sp³-hybridized carbons (Fsp3) is 0.783. The molecule has 4 atom stereocenters. The Kier molecular flexibility index (Phi) is 32.3. The number of hydrogen-bond acceptors (Lipinski definition) is 9. The summed E-state index contributed by atoms with van der Waals surface area (Å²) in [5, 5.41) is 0. The normalized spacial score (nSPS) is 17.6. The van der Waals surface area contributed by atoms with Gasteiger partial charge >= 0.3 is 11.9 Å². The number of epoxide rings is 1. The van der Waals surface area contributed by atoms with Crippen LogP contribution in [0.2, 0.25) is 0 Å². The van der Waals surface area contributed by atoms with Crippen LogP contribution in [0.3, 0.4) is 0 Å². The van der Waals surface area contributed by atoms with E-state index in [2.05, 4.69) is 56.4 Å². The first-order chi connectivity index (χ1) is 27.5. The highest BCUT2D eigenvalue weighted by atomic mass is 31.2. The molecule has 0 saturated carbocycles. The number of unbranched alkanes of at least 4 members (excludes halogenated alkanes) is 15. The van der Waals surface area contributed by atoms with Crippen molar-refractivity contribution < 1.29 is 46.8 Å². The predicted molar refractivity (Wildman–Crippen MR) is 231 cm³/mol. The zero-order valence-corrected chi connectivity index (χ0v) is 37.6. The number of allylic oxidation sites excluding steroid dienone is 6. The maximum atomic E-state index is 12.7. The van der Waals surface area contributed by atoms with E-state index in [1.54, 1.807) is 0 Å². The van der Waals surface area contributed by atoms with Crippen molar-refractivity contribution in [2.45, 2.75) is 186 Å². The van der Waals surface area contributed by atoms with Crippen LogP contribution in [0.15, 0.2) is 48.6 Å². The van der Waals surface area contributed by atoms with Crippen LogP contribution in [0.25, 0.3) is 0 Å². The molecular weight excluding hydrogens is 741 g/mol. The van der Waals surface area contributed by atoms with E-state index in [0.717, 1.165) is 57.8 Å². The van der Waals surface area contributed by atoms with E-state index in [0.29, 0.717) is 30.3 Å². The smallest absolute Gasteiger partial charge is 0.306 e. The minimum Gasteiger partial charge on any atom is -0.756 e. The number of ether oxygens (including phenoxy) is 3. The minimum absolute atomic E-state index is 0.0467. The zero-order valence-electron chi connectivity index (χ0n) is 36.7. The Labute approximate surface area is 348 Å². The molecule has 3 unspecified atom stereocenters. The molecule has 0 aromatic carbocycles. The van der Waals surface area contributed by atoms with Gasteiger partial charge in [-0.25, -0.2) is 0 Å². The molecule has 10 nitrogen and oxygen atoms in total. The molecule has 1 rings (SSSR count). The Morgan fingerprint density at radius 2 is 1.12 bits per heavy atom. The topological polar surface area (TPSA) is 124 Å². The standard InChI is InChI=1S/C46H82NO9P/c1-6-8-10-12-14-16-17-18-19-20-21-23-25-27-32-36-45(48)52-40-42(41-54-57(50,51)53-39-38-47(3,4)5)55-46(49)37-33-29-28-31-35-44-43(56-44)34-30-26-24-22-15-13-11-9-7-2/h15,18-19,22,26,28,30-31,42-44H,6-14,16-17,20-21,23-25,27,29,32-41H2,1-5H3/b19-18-,22-15-,30-26-,31-28-/t42-,43?,44?/m1/s1. The largest absolute Gasteiger partial charge is 0.756 e. The molecule has 1 aliphatic heterocycles. The Morgan fingerprint density at radius 3 is 1.77 bits per heavy atom. The van der Waals surface area contributed by atoms with Crippen molar-refractivity contribution >= 4 is 19.8 Å². The summed E-state index contributed by atoms with van der Waals surface area (Å²) in [6.45, 7) is 4.09. The number of nitrogens with zero attached hydrogens (tertiary/aromatic N) is 1. The summed E-state index contributed by atoms with van der Waals surface area (Å²) in [5.41, 5.74) is 0. The van der Waals surface area contributed by atoms with E-state index in [9.17, 15) is 19.0 Å². The maximum Gasteiger partial charge on any atom is 0.306 e. The molecule has 0 N–H and O–H groups in total. The van der Waals surface area contributed by atoms with Gasteiger partial charge in [-0.15, -0.1) is 0 Å². The number of rotatable bonds is 39. The quantitative estimate of drug-likeness (QED) is 0.0149. The van der Waals surface area contributed by atoms with Crippen LogP contribution in [0.5, 0.6) is 0 Å². The molecule has 1 saturated heterocycles. The molecule has 0 aliphatic carbocycles. The second kappa shape index (κ2) is 34.8. The summed E-state index contributed by atoms with van der Waals surface area (Å²) in [6, 6.07) is 0. The van der Waals surface area contributed by atoms with Gasteiger partial charge in [0.15, 0.2) is 6.10 Å². The number of quaternary nitrogens is 1. The van der Waals surface area contributed by atoms with Gasteiger partial charge in [0.25, 0.3) is 7.82 Å². The van der Waals surface area contributed by atoms with E-state index in [-0.39, 0.29) is 38.3 Å². The summed E-state index contributed by atoms with van der Waals surface area (Å²) in [5.74, 6) is -0.920. The van der Waals surface area contributed by atoms with E-state index in [1.165, 1.54) is 64.2 Å². The van der Waals surface area contributed by atoms with Gasteiger partial charge in [-0.05, 0) is 77.0 Å². The first-order valence-electron chi connectivity index (χ1n) is 22.5. The van der Waals surface area contributed by atoms with Gasteiger partial charge in [-0.2, -0.15) is 0 Å². The highest BCUT2D eigenvalue weighted by Crippen LogP contribution is 2.38. The molecule has 1 heterocycles. The van der Waals surface area contributed by atoms with Crippen molar-refractivity contribution in [2.75, 3.05) is 47.5 Å².